The molecule has 0 spiro atoms. The number of benzene rings is 1. The number of nitrogens with one attached hydrogen (secondary N) is 1. The summed E-state index contributed by atoms with van der Waals surface area (Å²) < 4.78 is 38.6. The first kappa shape index (κ1) is 20.0. The van der Waals surface area contributed by atoms with E-state index in [0.717, 1.165) is 26.2 Å². The molecule has 0 radical (unpaired) electrons. The van der Waals surface area contributed by atoms with E-state index in [4.69, 9.17) is 0 Å². The van der Waals surface area contributed by atoms with Crippen LogP contribution in [0.4, 0.5) is 18.9 Å². The van der Waals surface area contributed by atoms with Gasteiger partial charge in [0.25, 0.3) is 0 Å². The predicted octanol–water partition coefficient (Wildman–Crippen LogP) is 2.17. The molecule has 2 rings (SSSR count). The number of alkyl halides is 3. The smallest absolute Gasteiger partial charge is 0.450 e. The van der Waals surface area contributed by atoms with Crippen LogP contribution in [-0.2, 0) is 14.3 Å². The van der Waals surface area contributed by atoms with Gasteiger partial charge in [-0.15, -0.1) is 0 Å². The van der Waals surface area contributed by atoms with E-state index in [1.165, 1.54) is 12.6 Å². The average molecular weight is 346 g/mol. The van der Waals surface area contributed by atoms with E-state index in [0.29, 0.717) is 0 Å². The number of nitrogens with zero attached hydrogens (tertiary/aromatic N) is 1. The first-order chi connectivity index (χ1) is 11.3. The van der Waals surface area contributed by atoms with Gasteiger partial charge < -0.3 is 15.0 Å². The normalized spacial score (nSPS) is 14.4. The molecule has 0 saturated carbocycles. The Bertz CT molecular complexity index is 515. The molecule has 0 atom stereocenters. The van der Waals surface area contributed by atoms with Crippen molar-refractivity contribution in [2.45, 2.75) is 19.5 Å². The third kappa shape index (κ3) is 7.45. The van der Waals surface area contributed by atoms with Crippen LogP contribution in [0.3, 0.4) is 0 Å². The highest BCUT2D eigenvalue weighted by atomic mass is 19.4. The highest BCUT2D eigenvalue weighted by Gasteiger charge is 2.39. The monoisotopic (exact) mass is 346 g/mol. The standard InChI is InChI=1S/C10H14N2.C6H7F3O3/c1-2-4-10(5-3-1)12-8-6-11-7-9-12;1-2-12-5(11)3-4(10)6(7,8)9/h1-5,11H,6-9H2;2-3H2,1H3. The van der Waals surface area contributed by atoms with E-state index in [1.807, 2.05) is 0 Å². The van der Waals surface area contributed by atoms with Crippen molar-refractivity contribution >= 4 is 17.4 Å². The first-order valence-electron chi connectivity index (χ1n) is 7.61. The van der Waals surface area contributed by atoms with Crippen molar-refractivity contribution in [3.05, 3.63) is 30.3 Å². The number of esters is 1. The number of carbonyl (C=O) groups excluding carboxylic acids is 2. The van der Waals surface area contributed by atoms with Gasteiger partial charge in [-0.05, 0) is 19.1 Å². The Kier molecular flexibility index (Phi) is 8.25. The summed E-state index contributed by atoms with van der Waals surface area (Å²) in [5.74, 6) is -3.24. The number of halogens is 3. The van der Waals surface area contributed by atoms with Crippen molar-refractivity contribution in [1.29, 1.82) is 0 Å². The van der Waals surface area contributed by atoms with Crippen molar-refractivity contribution in [1.82, 2.24) is 5.32 Å². The third-order valence-corrected chi connectivity index (χ3v) is 3.16. The van der Waals surface area contributed by atoms with Gasteiger partial charge in [-0.3, -0.25) is 9.59 Å². The van der Waals surface area contributed by atoms with Gasteiger partial charge in [0.15, 0.2) is 0 Å². The molecule has 0 unspecified atom stereocenters. The Morgan fingerprint density at radius 1 is 1.17 bits per heavy atom. The zero-order valence-corrected chi connectivity index (χ0v) is 13.4. The molecule has 1 N–H and O–H groups in total. The van der Waals surface area contributed by atoms with Crippen molar-refractivity contribution < 1.29 is 27.5 Å². The SMILES string of the molecule is CCOC(=O)CC(=O)C(F)(F)F.c1ccc(N2CCNCC2)cc1. The van der Waals surface area contributed by atoms with Crippen LogP contribution in [-0.4, -0.2) is 50.7 Å². The van der Waals surface area contributed by atoms with Gasteiger partial charge in [0, 0.05) is 31.9 Å². The van der Waals surface area contributed by atoms with E-state index in [1.54, 1.807) is 0 Å². The molecule has 1 heterocycles. The number of piperazine rings is 1. The number of para-hydroxylation sites is 1. The zero-order valence-electron chi connectivity index (χ0n) is 13.4. The fraction of sp³-hybridized carbons (Fsp3) is 0.500. The number of carbonyl (C=O) groups is 2. The second-order valence-corrected chi connectivity index (χ2v) is 4.98. The van der Waals surface area contributed by atoms with Crippen molar-refractivity contribution in [3.63, 3.8) is 0 Å². The van der Waals surface area contributed by atoms with Gasteiger partial charge in [-0.25, -0.2) is 0 Å². The summed E-state index contributed by atoms with van der Waals surface area (Å²) >= 11 is 0. The molecule has 1 fully saturated rings. The van der Waals surface area contributed by atoms with Crippen LogP contribution in [0, 0.1) is 0 Å². The summed E-state index contributed by atoms with van der Waals surface area (Å²) in [5, 5.41) is 3.34. The molecule has 134 valence electrons. The number of ketones is 1. The van der Waals surface area contributed by atoms with Crippen LogP contribution < -0.4 is 10.2 Å². The molecule has 5 nitrogen and oxygen atoms in total. The minimum Gasteiger partial charge on any atom is -0.466 e. The van der Waals surface area contributed by atoms with Crippen LogP contribution in [0.2, 0.25) is 0 Å². The van der Waals surface area contributed by atoms with Gasteiger partial charge in [-0.1, -0.05) is 18.2 Å². The molecule has 1 aromatic rings. The molecule has 0 aromatic heterocycles. The lowest BCUT2D eigenvalue weighted by Gasteiger charge is -2.29. The maximum Gasteiger partial charge on any atom is 0.450 e. The molecule has 0 aliphatic carbocycles. The first-order valence-corrected chi connectivity index (χ1v) is 7.61. The number of hydrogen-bond donors (Lipinski definition) is 1. The molecule has 1 aliphatic heterocycles. The van der Waals surface area contributed by atoms with Crippen LogP contribution in [0.15, 0.2) is 30.3 Å². The quantitative estimate of drug-likeness (QED) is 0.669. The Balaban J connectivity index is 0.000000240. The number of ether oxygens (including phenoxy) is 1. The second-order valence-electron chi connectivity index (χ2n) is 4.98. The fourth-order valence-electron chi connectivity index (χ4n) is 2.01. The Morgan fingerprint density at radius 3 is 2.25 bits per heavy atom. The number of anilines is 1. The van der Waals surface area contributed by atoms with Gasteiger partial charge in [0.2, 0.25) is 5.78 Å². The maximum absolute atomic E-state index is 11.5. The maximum atomic E-state index is 11.5. The summed E-state index contributed by atoms with van der Waals surface area (Å²) in [6, 6.07) is 10.6. The van der Waals surface area contributed by atoms with Crippen LogP contribution in [0.1, 0.15) is 13.3 Å². The Labute approximate surface area is 138 Å². The summed E-state index contributed by atoms with van der Waals surface area (Å²) in [6.45, 7) is 5.87. The van der Waals surface area contributed by atoms with E-state index >= 15 is 0 Å². The highest BCUT2D eigenvalue weighted by molar-refractivity contribution is 5.98. The number of rotatable bonds is 4. The molecule has 8 heteroatoms. The van der Waals surface area contributed by atoms with E-state index in [2.05, 4.69) is 45.3 Å². The van der Waals surface area contributed by atoms with Crippen molar-refractivity contribution in [2.24, 2.45) is 0 Å². The van der Waals surface area contributed by atoms with Gasteiger partial charge >= 0.3 is 12.1 Å². The molecule has 1 aromatic carbocycles. The molecular weight excluding hydrogens is 325 g/mol. The topological polar surface area (TPSA) is 58.6 Å². The highest BCUT2D eigenvalue weighted by Crippen LogP contribution is 2.17. The molecule has 24 heavy (non-hydrogen) atoms. The molecule has 1 saturated heterocycles. The molecular formula is C16H21F3N2O3. The van der Waals surface area contributed by atoms with Crippen LogP contribution >= 0.6 is 0 Å². The van der Waals surface area contributed by atoms with Gasteiger partial charge in [0.1, 0.15) is 6.42 Å². The Hall–Kier alpha value is -2.09. The van der Waals surface area contributed by atoms with Crippen molar-refractivity contribution in [2.75, 3.05) is 37.7 Å². The molecule has 0 bridgehead atoms. The lowest BCUT2D eigenvalue weighted by Crippen LogP contribution is -2.43. The Morgan fingerprint density at radius 2 is 1.75 bits per heavy atom. The molecule has 0 amide bonds. The zero-order chi connectivity index (χ0) is 18.0. The predicted molar refractivity (Wildman–Crippen MR) is 83.8 cm³/mol. The number of Topliss-reactive ketones (excluding diaryl/α,β-unsaturated/α-hetero) is 1. The average Bonchev–Trinajstić information content (AvgIpc) is 2.56. The minimum absolute atomic E-state index is 0.0377. The van der Waals surface area contributed by atoms with Gasteiger partial charge in [-0.2, -0.15) is 13.2 Å². The van der Waals surface area contributed by atoms with E-state index in [9.17, 15) is 22.8 Å². The minimum atomic E-state index is -4.95. The van der Waals surface area contributed by atoms with E-state index in [-0.39, 0.29) is 6.61 Å². The second kappa shape index (κ2) is 9.92. The van der Waals surface area contributed by atoms with Gasteiger partial charge in [0.05, 0.1) is 6.61 Å². The fourth-order valence-corrected chi connectivity index (χ4v) is 2.01. The lowest BCUT2D eigenvalue weighted by atomic mass is 10.2. The summed E-state index contributed by atoms with van der Waals surface area (Å²) in [5.41, 5.74) is 1.35. The van der Waals surface area contributed by atoms with Crippen LogP contribution in [0.25, 0.3) is 0 Å². The van der Waals surface area contributed by atoms with Crippen LogP contribution in [0.5, 0.6) is 0 Å². The molecule has 1 aliphatic rings. The summed E-state index contributed by atoms with van der Waals surface area (Å²) in [7, 11) is 0. The summed E-state index contributed by atoms with van der Waals surface area (Å²) in [4.78, 5) is 22.9. The third-order valence-electron chi connectivity index (χ3n) is 3.16. The largest absolute Gasteiger partial charge is 0.466 e. The van der Waals surface area contributed by atoms with E-state index < -0.39 is 24.3 Å². The number of hydrogen-bond acceptors (Lipinski definition) is 5. The summed E-state index contributed by atoms with van der Waals surface area (Å²) in [6.07, 6.45) is -6.19. The van der Waals surface area contributed by atoms with Crippen molar-refractivity contribution in [3.8, 4) is 0 Å². The lowest BCUT2D eigenvalue weighted by molar-refractivity contribution is -0.174.